The van der Waals surface area contributed by atoms with Crippen molar-refractivity contribution < 1.29 is 13.5 Å². The van der Waals surface area contributed by atoms with Crippen molar-refractivity contribution in [1.29, 1.82) is 0 Å². The summed E-state index contributed by atoms with van der Waals surface area (Å²) >= 11 is 9.33. The monoisotopic (exact) mass is 381 g/mol. The van der Waals surface area contributed by atoms with Gasteiger partial charge in [0.25, 0.3) is 0 Å². The smallest absolute Gasteiger partial charge is 0.244 e. The molecule has 4 nitrogen and oxygen atoms in total. The zero-order valence-corrected chi connectivity index (χ0v) is 14.1. The molecule has 1 aromatic carbocycles. The zero-order valence-electron chi connectivity index (χ0n) is 10.9. The van der Waals surface area contributed by atoms with E-state index >= 15 is 0 Å². The van der Waals surface area contributed by atoms with E-state index < -0.39 is 10.0 Å². The highest BCUT2D eigenvalue weighted by molar-refractivity contribution is 9.10. The van der Waals surface area contributed by atoms with Crippen molar-refractivity contribution in [2.24, 2.45) is 0 Å². The van der Waals surface area contributed by atoms with Gasteiger partial charge in [0.2, 0.25) is 10.0 Å². The van der Waals surface area contributed by atoms with Crippen LogP contribution in [0.4, 0.5) is 0 Å². The molecule has 1 saturated heterocycles. The van der Waals surface area contributed by atoms with Gasteiger partial charge in [0.05, 0.1) is 11.6 Å². The van der Waals surface area contributed by atoms with Crippen LogP contribution in [0.1, 0.15) is 25.7 Å². The van der Waals surface area contributed by atoms with E-state index in [4.69, 9.17) is 11.6 Å². The molecule has 1 atom stereocenters. The number of rotatable bonds is 3. The Bertz CT molecular complexity index is 579. The maximum absolute atomic E-state index is 12.8. The summed E-state index contributed by atoms with van der Waals surface area (Å²) < 4.78 is 27.6. The van der Waals surface area contributed by atoms with Gasteiger partial charge in [-0.25, -0.2) is 8.42 Å². The molecule has 0 aromatic heterocycles. The van der Waals surface area contributed by atoms with E-state index in [0.29, 0.717) is 13.0 Å². The lowest BCUT2D eigenvalue weighted by Crippen LogP contribution is -2.42. The first kappa shape index (κ1) is 16.2. The molecule has 0 saturated carbocycles. The molecule has 0 radical (unpaired) electrons. The number of benzene rings is 1. The summed E-state index contributed by atoms with van der Waals surface area (Å²) in [5.41, 5.74) is 0. The van der Waals surface area contributed by atoms with Crippen molar-refractivity contribution >= 4 is 37.6 Å². The first-order valence-corrected chi connectivity index (χ1v) is 9.15. The standard InChI is InChI=1S/C13H17BrClNO3S/c14-10-5-6-13(12(15)8-10)20(18,19)16-7-3-1-2-4-11(16)9-17/h5-6,8,11,17H,1-4,7,9H2. The Morgan fingerprint density at radius 3 is 2.75 bits per heavy atom. The Morgan fingerprint density at radius 2 is 2.10 bits per heavy atom. The van der Waals surface area contributed by atoms with Gasteiger partial charge in [0.1, 0.15) is 4.90 Å². The van der Waals surface area contributed by atoms with Crippen LogP contribution in [0.25, 0.3) is 0 Å². The Hall–Kier alpha value is -0.140. The zero-order chi connectivity index (χ0) is 14.8. The molecule has 0 spiro atoms. The summed E-state index contributed by atoms with van der Waals surface area (Å²) in [7, 11) is -3.67. The third kappa shape index (κ3) is 3.36. The summed E-state index contributed by atoms with van der Waals surface area (Å²) in [6.45, 7) is 0.271. The van der Waals surface area contributed by atoms with Crippen LogP contribution in [0.15, 0.2) is 27.6 Å². The Labute approximate surface area is 132 Å². The largest absolute Gasteiger partial charge is 0.395 e. The highest BCUT2D eigenvalue weighted by Crippen LogP contribution is 2.30. The Morgan fingerprint density at radius 1 is 1.35 bits per heavy atom. The average Bonchev–Trinajstić information content (AvgIpc) is 2.63. The molecule has 2 rings (SSSR count). The molecule has 0 aliphatic carbocycles. The molecule has 7 heteroatoms. The number of sulfonamides is 1. The molecule has 1 fully saturated rings. The molecule has 0 amide bonds. The minimum absolute atomic E-state index is 0.0997. The Balaban J connectivity index is 2.41. The fourth-order valence-electron chi connectivity index (χ4n) is 2.46. The highest BCUT2D eigenvalue weighted by Gasteiger charge is 2.33. The molecule has 1 unspecified atom stereocenters. The van der Waals surface area contributed by atoms with Crippen LogP contribution >= 0.6 is 27.5 Å². The average molecular weight is 383 g/mol. The number of hydrogen-bond donors (Lipinski definition) is 1. The minimum atomic E-state index is -3.67. The predicted octanol–water partition coefficient (Wildman–Crippen LogP) is 3.03. The molecular formula is C13H17BrClNO3S. The maximum atomic E-state index is 12.8. The fraction of sp³-hybridized carbons (Fsp3) is 0.538. The molecule has 1 heterocycles. The van der Waals surface area contributed by atoms with E-state index in [0.717, 1.165) is 23.7 Å². The molecular weight excluding hydrogens is 366 g/mol. The van der Waals surface area contributed by atoms with Crippen LogP contribution in [0.3, 0.4) is 0 Å². The topological polar surface area (TPSA) is 57.6 Å². The van der Waals surface area contributed by atoms with E-state index in [1.54, 1.807) is 12.1 Å². The lowest BCUT2D eigenvalue weighted by atomic mass is 10.1. The Kier molecular flexibility index (Phi) is 5.48. The van der Waals surface area contributed by atoms with Gasteiger partial charge >= 0.3 is 0 Å². The van der Waals surface area contributed by atoms with Crippen LogP contribution in [0.2, 0.25) is 5.02 Å². The van der Waals surface area contributed by atoms with Crippen molar-refractivity contribution in [2.75, 3.05) is 13.2 Å². The number of halogens is 2. The number of aliphatic hydroxyl groups is 1. The molecule has 1 aromatic rings. The normalized spacial score (nSPS) is 21.6. The molecule has 1 N–H and O–H groups in total. The van der Waals surface area contributed by atoms with Gasteiger partial charge in [0, 0.05) is 17.1 Å². The van der Waals surface area contributed by atoms with Gasteiger partial charge in [-0.1, -0.05) is 40.4 Å². The highest BCUT2D eigenvalue weighted by atomic mass is 79.9. The van der Waals surface area contributed by atoms with E-state index in [1.807, 2.05) is 0 Å². The van der Waals surface area contributed by atoms with Gasteiger partial charge in [-0.05, 0) is 31.0 Å². The van der Waals surface area contributed by atoms with E-state index in [2.05, 4.69) is 15.9 Å². The predicted molar refractivity (Wildman–Crippen MR) is 82.4 cm³/mol. The van der Waals surface area contributed by atoms with Gasteiger partial charge in [-0.2, -0.15) is 4.31 Å². The van der Waals surface area contributed by atoms with E-state index in [-0.39, 0.29) is 22.6 Å². The molecule has 20 heavy (non-hydrogen) atoms. The van der Waals surface area contributed by atoms with Gasteiger partial charge < -0.3 is 5.11 Å². The molecule has 0 bridgehead atoms. The van der Waals surface area contributed by atoms with Crippen molar-refractivity contribution in [3.63, 3.8) is 0 Å². The maximum Gasteiger partial charge on any atom is 0.244 e. The second-order valence-electron chi connectivity index (χ2n) is 4.88. The van der Waals surface area contributed by atoms with Crippen molar-refractivity contribution in [2.45, 2.75) is 36.6 Å². The number of hydrogen-bond acceptors (Lipinski definition) is 3. The number of nitrogens with zero attached hydrogens (tertiary/aromatic N) is 1. The van der Waals surface area contributed by atoms with Crippen LogP contribution in [-0.4, -0.2) is 37.0 Å². The second kappa shape index (κ2) is 6.75. The SMILES string of the molecule is O=S(=O)(c1ccc(Br)cc1Cl)N1CCCCCC1CO. The summed E-state index contributed by atoms with van der Waals surface area (Å²) in [5.74, 6) is 0. The third-order valence-corrected chi connectivity index (χ3v) is 6.44. The third-order valence-electron chi connectivity index (χ3n) is 3.51. The summed E-state index contributed by atoms with van der Waals surface area (Å²) in [5, 5.41) is 9.66. The van der Waals surface area contributed by atoms with Crippen molar-refractivity contribution in [3.8, 4) is 0 Å². The first-order valence-electron chi connectivity index (χ1n) is 6.54. The summed E-state index contributed by atoms with van der Waals surface area (Å²) in [6, 6.07) is 4.37. The molecule has 1 aliphatic rings. The second-order valence-corrected chi connectivity index (χ2v) is 8.06. The van der Waals surface area contributed by atoms with E-state index in [9.17, 15) is 13.5 Å². The van der Waals surface area contributed by atoms with Crippen LogP contribution in [-0.2, 0) is 10.0 Å². The molecule has 112 valence electrons. The van der Waals surface area contributed by atoms with Gasteiger partial charge in [0.15, 0.2) is 0 Å². The van der Waals surface area contributed by atoms with E-state index in [1.165, 1.54) is 10.4 Å². The van der Waals surface area contributed by atoms with Gasteiger partial charge in [-0.15, -0.1) is 0 Å². The first-order chi connectivity index (χ1) is 9.46. The summed E-state index contributed by atoms with van der Waals surface area (Å²) in [4.78, 5) is 0.0997. The van der Waals surface area contributed by atoms with Crippen molar-refractivity contribution in [3.05, 3.63) is 27.7 Å². The van der Waals surface area contributed by atoms with Crippen LogP contribution in [0.5, 0.6) is 0 Å². The lowest BCUT2D eigenvalue weighted by molar-refractivity contribution is 0.186. The molecule has 1 aliphatic heterocycles. The minimum Gasteiger partial charge on any atom is -0.395 e. The number of aliphatic hydroxyl groups excluding tert-OH is 1. The van der Waals surface area contributed by atoms with Crippen LogP contribution < -0.4 is 0 Å². The quantitative estimate of drug-likeness (QED) is 0.874. The van der Waals surface area contributed by atoms with Gasteiger partial charge in [-0.3, -0.25) is 0 Å². The fourth-order valence-corrected chi connectivity index (χ4v) is 5.16. The van der Waals surface area contributed by atoms with Crippen molar-refractivity contribution in [1.82, 2.24) is 4.31 Å². The lowest BCUT2D eigenvalue weighted by Gasteiger charge is -2.28. The van der Waals surface area contributed by atoms with Crippen LogP contribution in [0, 0.1) is 0 Å². The summed E-state index contributed by atoms with van der Waals surface area (Å²) in [6.07, 6.45) is 3.41.